The molecule has 1 unspecified atom stereocenters. The first-order valence-corrected chi connectivity index (χ1v) is 5.86. The summed E-state index contributed by atoms with van der Waals surface area (Å²) < 4.78 is 1.59. The number of nitrogens with zero attached hydrogens (tertiary/aromatic N) is 3. The summed E-state index contributed by atoms with van der Waals surface area (Å²) >= 11 is 0. The maximum atomic E-state index is 11.7. The number of hydrogen-bond donors (Lipinski definition) is 3. The highest BCUT2D eigenvalue weighted by Crippen LogP contribution is 2.12. The van der Waals surface area contributed by atoms with Crippen molar-refractivity contribution < 1.29 is 9.59 Å². The van der Waals surface area contributed by atoms with Gasteiger partial charge in [-0.1, -0.05) is 0 Å². The fraction of sp³-hybridized carbons (Fsp3) is 0.167. The Kier molecular flexibility index (Phi) is 4.06. The summed E-state index contributed by atoms with van der Waals surface area (Å²) in [6.45, 7) is 0. The predicted octanol–water partition coefficient (Wildman–Crippen LogP) is -0.591. The van der Waals surface area contributed by atoms with E-state index in [1.54, 1.807) is 35.3 Å². The van der Waals surface area contributed by atoms with Gasteiger partial charge in [0.1, 0.15) is 12.7 Å². The monoisotopic (exact) mass is 274 g/mol. The van der Waals surface area contributed by atoms with E-state index in [1.165, 1.54) is 6.33 Å². The van der Waals surface area contributed by atoms with E-state index in [9.17, 15) is 9.59 Å². The van der Waals surface area contributed by atoms with Crippen molar-refractivity contribution in [3.63, 3.8) is 0 Å². The van der Waals surface area contributed by atoms with Crippen LogP contribution in [-0.4, -0.2) is 32.6 Å². The van der Waals surface area contributed by atoms with E-state index in [0.29, 0.717) is 5.69 Å². The first-order valence-electron chi connectivity index (χ1n) is 5.86. The van der Waals surface area contributed by atoms with E-state index < -0.39 is 17.9 Å². The molecule has 1 atom stereocenters. The lowest BCUT2D eigenvalue weighted by Crippen LogP contribution is -2.38. The van der Waals surface area contributed by atoms with Gasteiger partial charge in [0.2, 0.25) is 11.8 Å². The number of hydrogen-bond acceptors (Lipinski definition) is 5. The third-order valence-corrected chi connectivity index (χ3v) is 2.58. The van der Waals surface area contributed by atoms with E-state index in [0.717, 1.165) is 5.69 Å². The molecule has 5 N–H and O–H groups in total. The largest absolute Gasteiger partial charge is 0.370 e. The van der Waals surface area contributed by atoms with Gasteiger partial charge < -0.3 is 16.8 Å². The second kappa shape index (κ2) is 5.93. The van der Waals surface area contributed by atoms with Crippen molar-refractivity contribution in [1.82, 2.24) is 14.8 Å². The van der Waals surface area contributed by atoms with Crippen LogP contribution in [0.5, 0.6) is 0 Å². The Morgan fingerprint density at radius 2 is 2.00 bits per heavy atom. The van der Waals surface area contributed by atoms with Crippen LogP contribution < -0.4 is 16.8 Å². The molecule has 0 saturated carbocycles. The van der Waals surface area contributed by atoms with Crippen molar-refractivity contribution >= 4 is 17.5 Å². The maximum absolute atomic E-state index is 11.7. The second-order valence-electron chi connectivity index (χ2n) is 4.15. The molecule has 1 heterocycles. The number of primary amides is 1. The standard InChI is InChI=1S/C12H14N6O2/c13-10(5-11(14)19)12(20)17-8-1-3-9(4-2-8)18-7-15-6-16-18/h1-4,6-7,10H,5,13H2,(H2,14,19)(H,17,20). The van der Waals surface area contributed by atoms with Gasteiger partial charge in [-0.25, -0.2) is 9.67 Å². The minimum atomic E-state index is -0.956. The van der Waals surface area contributed by atoms with Crippen LogP contribution in [0.25, 0.3) is 5.69 Å². The summed E-state index contributed by atoms with van der Waals surface area (Å²) in [7, 11) is 0. The zero-order chi connectivity index (χ0) is 14.5. The minimum absolute atomic E-state index is 0.192. The molecular formula is C12H14N6O2. The Bertz CT molecular complexity index is 593. The van der Waals surface area contributed by atoms with E-state index in [2.05, 4.69) is 15.4 Å². The fourth-order valence-corrected chi connectivity index (χ4v) is 1.58. The summed E-state index contributed by atoms with van der Waals surface area (Å²) in [5.74, 6) is -1.08. The smallest absolute Gasteiger partial charge is 0.241 e. The molecule has 0 radical (unpaired) electrons. The highest BCUT2D eigenvalue weighted by atomic mass is 16.2. The lowest BCUT2D eigenvalue weighted by Gasteiger charge is -2.11. The van der Waals surface area contributed by atoms with Gasteiger partial charge in [-0.2, -0.15) is 5.10 Å². The van der Waals surface area contributed by atoms with Crippen molar-refractivity contribution in [3.05, 3.63) is 36.9 Å². The average Bonchev–Trinajstić information content (AvgIpc) is 2.92. The van der Waals surface area contributed by atoms with Crippen LogP contribution in [0.15, 0.2) is 36.9 Å². The molecule has 0 aliphatic heterocycles. The van der Waals surface area contributed by atoms with Crippen LogP contribution in [0.1, 0.15) is 6.42 Å². The lowest BCUT2D eigenvalue weighted by atomic mass is 10.2. The van der Waals surface area contributed by atoms with Gasteiger partial charge in [-0.3, -0.25) is 9.59 Å². The van der Waals surface area contributed by atoms with Gasteiger partial charge in [0.25, 0.3) is 0 Å². The third kappa shape index (κ3) is 3.39. The second-order valence-corrected chi connectivity index (χ2v) is 4.15. The van der Waals surface area contributed by atoms with E-state index in [1.807, 2.05) is 0 Å². The average molecular weight is 274 g/mol. The van der Waals surface area contributed by atoms with Gasteiger partial charge in [0.15, 0.2) is 0 Å². The van der Waals surface area contributed by atoms with E-state index >= 15 is 0 Å². The van der Waals surface area contributed by atoms with Crippen LogP contribution in [-0.2, 0) is 9.59 Å². The molecule has 0 bridgehead atoms. The number of amides is 2. The number of carbonyl (C=O) groups excluding carboxylic acids is 2. The normalized spacial score (nSPS) is 11.8. The Balaban J connectivity index is 2.00. The van der Waals surface area contributed by atoms with Crippen molar-refractivity contribution in [2.75, 3.05) is 5.32 Å². The number of nitrogens with one attached hydrogen (secondary N) is 1. The van der Waals surface area contributed by atoms with Gasteiger partial charge in [0.05, 0.1) is 18.2 Å². The Morgan fingerprint density at radius 3 is 2.55 bits per heavy atom. The Morgan fingerprint density at radius 1 is 1.30 bits per heavy atom. The molecule has 0 fully saturated rings. The quantitative estimate of drug-likeness (QED) is 0.671. The number of nitrogens with two attached hydrogens (primary N) is 2. The van der Waals surface area contributed by atoms with Gasteiger partial charge in [0, 0.05) is 5.69 Å². The van der Waals surface area contributed by atoms with Crippen LogP contribution >= 0.6 is 0 Å². The van der Waals surface area contributed by atoms with Crippen molar-refractivity contribution in [3.8, 4) is 5.69 Å². The molecule has 0 aliphatic carbocycles. The molecule has 8 nitrogen and oxygen atoms in total. The topological polar surface area (TPSA) is 129 Å². The van der Waals surface area contributed by atoms with Gasteiger partial charge in [-0.15, -0.1) is 0 Å². The van der Waals surface area contributed by atoms with Gasteiger partial charge >= 0.3 is 0 Å². The molecule has 2 rings (SSSR count). The molecule has 104 valence electrons. The number of carbonyl (C=O) groups is 2. The maximum Gasteiger partial charge on any atom is 0.241 e. The van der Waals surface area contributed by atoms with Crippen LogP contribution in [0.4, 0.5) is 5.69 Å². The highest BCUT2D eigenvalue weighted by Gasteiger charge is 2.15. The summed E-state index contributed by atoms with van der Waals surface area (Å²) in [6, 6.07) is 5.98. The van der Waals surface area contributed by atoms with Crippen LogP contribution in [0, 0.1) is 0 Å². The molecule has 20 heavy (non-hydrogen) atoms. The molecule has 2 aromatic rings. The van der Waals surface area contributed by atoms with Gasteiger partial charge in [-0.05, 0) is 24.3 Å². The number of anilines is 1. The number of aromatic nitrogens is 3. The van der Waals surface area contributed by atoms with Crippen molar-refractivity contribution in [1.29, 1.82) is 0 Å². The molecule has 8 heteroatoms. The number of benzene rings is 1. The number of rotatable bonds is 5. The first kappa shape index (κ1) is 13.7. The summed E-state index contributed by atoms with van der Waals surface area (Å²) in [6.07, 6.45) is 2.80. The molecule has 1 aromatic carbocycles. The Hall–Kier alpha value is -2.74. The van der Waals surface area contributed by atoms with Crippen LogP contribution in [0.3, 0.4) is 0 Å². The molecular weight excluding hydrogens is 260 g/mol. The zero-order valence-corrected chi connectivity index (χ0v) is 10.6. The summed E-state index contributed by atoms with van der Waals surface area (Å²) in [4.78, 5) is 26.2. The SMILES string of the molecule is NC(=O)CC(N)C(=O)Nc1ccc(-n2cncn2)cc1. The molecule has 0 aliphatic rings. The van der Waals surface area contributed by atoms with E-state index in [-0.39, 0.29) is 6.42 Å². The Labute approximate surface area is 114 Å². The van der Waals surface area contributed by atoms with Crippen molar-refractivity contribution in [2.24, 2.45) is 11.5 Å². The summed E-state index contributed by atoms with van der Waals surface area (Å²) in [5, 5.41) is 6.59. The first-order chi connectivity index (χ1) is 9.56. The van der Waals surface area contributed by atoms with E-state index in [4.69, 9.17) is 11.5 Å². The molecule has 0 saturated heterocycles. The lowest BCUT2D eigenvalue weighted by molar-refractivity contribution is -0.123. The van der Waals surface area contributed by atoms with Crippen LogP contribution in [0.2, 0.25) is 0 Å². The van der Waals surface area contributed by atoms with Crippen molar-refractivity contribution in [2.45, 2.75) is 12.5 Å². The third-order valence-electron chi connectivity index (χ3n) is 2.58. The molecule has 2 amide bonds. The molecule has 1 aromatic heterocycles. The highest BCUT2D eigenvalue weighted by molar-refractivity contribution is 5.97. The predicted molar refractivity (Wildman–Crippen MR) is 71.8 cm³/mol. The molecule has 0 spiro atoms. The minimum Gasteiger partial charge on any atom is -0.370 e. The fourth-order valence-electron chi connectivity index (χ4n) is 1.58. The zero-order valence-electron chi connectivity index (χ0n) is 10.6. The summed E-state index contributed by atoms with van der Waals surface area (Å²) in [5.41, 5.74) is 11.9.